The van der Waals surface area contributed by atoms with Gasteiger partial charge in [-0.1, -0.05) is 24.3 Å². The number of hydrogen-bond donors (Lipinski definition) is 2. The zero-order chi connectivity index (χ0) is 17.0. The molecule has 0 fully saturated rings. The Bertz CT molecular complexity index is 799. The summed E-state index contributed by atoms with van der Waals surface area (Å²) < 4.78 is 25.6. The molecule has 0 saturated heterocycles. The Morgan fingerprint density at radius 1 is 1.04 bits per heavy atom. The second kappa shape index (κ2) is 6.93. The van der Waals surface area contributed by atoms with E-state index in [1.165, 1.54) is 31.3 Å². The van der Waals surface area contributed by atoms with Crippen LogP contribution < -0.4 is 10.0 Å². The van der Waals surface area contributed by atoms with Crippen molar-refractivity contribution in [3.8, 4) is 0 Å². The van der Waals surface area contributed by atoms with Crippen LogP contribution >= 0.6 is 0 Å². The van der Waals surface area contributed by atoms with E-state index in [1.54, 1.807) is 0 Å². The Hall–Kier alpha value is -2.18. The van der Waals surface area contributed by atoms with Crippen LogP contribution in [0.1, 0.15) is 34.5 Å². The van der Waals surface area contributed by atoms with E-state index < -0.39 is 10.0 Å². The largest absolute Gasteiger partial charge is 0.346 e. The maximum absolute atomic E-state index is 12.3. The third kappa shape index (κ3) is 3.97. The van der Waals surface area contributed by atoms with Gasteiger partial charge in [0.2, 0.25) is 10.0 Å². The van der Waals surface area contributed by atoms with Crippen LogP contribution in [0.2, 0.25) is 0 Å². The van der Waals surface area contributed by atoms with Gasteiger partial charge >= 0.3 is 0 Å². The molecule has 0 spiro atoms. The summed E-state index contributed by atoms with van der Waals surface area (Å²) in [5, 5.41) is 2.92. The van der Waals surface area contributed by atoms with Crippen LogP contribution in [0.3, 0.4) is 0 Å². The van der Waals surface area contributed by atoms with Crippen LogP contribution in [0.15, 0.2) is 53.4 Å². The molecule has 122 valence electrons. The van der Waals surface area contributed by atoms with Crippen molar-refractivity contribution in [3.63, 3.8) is 0 Å². The molecule has 0 aliphatic carbocycles. The lowest BCUT2D eigenvalue weighted by Crippen LogP contribution is -2.27. The van der Waals surface area contributed by atoms with Gasteiger partial charge in [-0.25, -0.2) is 13.1 Å². The van der Waals surface area contributed by atoms with Crippen molar-refractivity contribution in [3.05, 3.63) is 65.2 Å². The Labute approximate surface area is 136 Å². The molecule has 5 nitrogen and oxygen atoms in total. The van der Waals surface area contributed by atoms with Crippen molar-refractivity contribution in [2.45, 2.75) is 24.8 Å². The highest BCUT2D eigenvalue weighted by molar-refractivity contribution is 7.89. The van der Waals surface area contributed by atoms with Crippen LogP contribution in [-0.4, -0.2) is 21.4 Å². The molecule has 0 bridgehead atoms. The van der Waals surface area contributed by atoms with Gasteiger partial charge < -0.3 is 5.32 Å². The molecular weight excluding hydrogens is 312 g/mol. The van der Waals surface area contributed by atoms with Gasteiger partial charge in [-0.2, -0.15) is 0 Å². The summed E-state index contributed by atoms with van der Waals surface area (Å²) in [5.41, 5.74) is 2.58. The number of nitrogens with one attached hydrogen (secondary N) is 2. The number of hydrogen-bond acceptors (Lipinski definition) is 3. The molecule has 0 aromatic heterocycles. The highest BCUT2D eigenvalue weighted by atomic mass is 32.2. The minimum atomic E-state index is -3.49. The average molecular weight is 332 g/mol. The lowest BCUT2D eigenvalue weighted by atomic mass is 10.0. The number of benzene rings is 2. The molecule has 0 aliphatic heterocycles. The van der Waals surface area contributed by atoms with E-state index in [9.17, 15) is 13.2 Å². The van der Waals surface area contributed by atoms with Crippen molar-refractivity contribution in [2.24, 2.45) is 0 Å². The fourth-order valence-electron chi connectivity index (χ4n) is 2.33. The zero-order valence-corrected chi connectivity index (χ0v) is 14.1. The minimum absolute atomic E-state index is 0.128. The number of carbonyl (C=O) groups is 1. The highest BCUT2D eigenvalue weighted by Crippen LogP contribution is 2.17. The van der Waals surface area contributed by atoms with Gasteiger partial charge in [0.25, 0.3) is 5.91 Å². The summed E-state index contributed by atoms with van der Waals surface area (Å²) >= 11 is 0. The monoisotopic (exact) mass is 332 g/mol. The molecule has 0 radical (unpaired) electrons. The fourth-order valence-corrected chi connectivity index (χ4v) is 3.06. The Morgan fingerprint density at radius 3 is 2.22 bits per heavy atom. The van der Waals surface area contributed by atoms with Crippen molar-refractivity contribution < 1.29 is 13.2 Å². The summed E-state index contributed by atoms with van der Waals surface area (Å²) in [4.78, 5) is 12.4. The first kappa shape index (κ1) is 17.2. The summed E-state index contributed by atoms with van der Waals surface area (Å²) in [6, 6.07) is 13.6. The van der Waals surface area contributed by atoms with Gasteiger partial charge in [0.05, 0.1) is 10.9 Å². The van der Waals surface area contributed by atoms with Gasteiger partial charge in [-0.05, 0) is 56.3 Å². The standard InChI is InChI=1S/C17H20N2O3S/c1-12-6-4-5-7-16(12)13(2)19-17(20)14-8-10-15(11-9-14)23(21,22)18-3/h4-11,13,18H,1-3H3,(H,19,20). The van der Waals surface area contributed by atoms with E-state index >= 15 is 0 Å². The molecule has 1 atom stereocenters. The molecule has 1 unspecified atom stereocenters. The van der Waals surface area contributed by atoms with Crippen molar-refractivity contribution in [1.82, 2.24) is 10.0 Å². The van der Waals surface area contributed by atoms with Gasteiger partial charge in [0, 0.05) is 5.56 Å². The first-order valence-corrected chi connectivity index (χ1v) is 8.73. The maximum atomic E-state index is 12.3. The molecular formula is C17H20N2O3S. The molecule has 2 aromatic carbocycles. The first-order chi connectivity index (χ1) is 10.8. The fraction of sp³-hybridized carbons (Fsp3) is 0.235. The normalized spacial score (nSPS) is 12.7. The molecule has 0 saturated carbocycles. The summed E-state index contributed by atoms with van der Waals surface area (Å²) in [5.74, 6) is -0.242. The van der Waals surface area contributed by atoms with E-state index in [0.29, 0.717) is 5.56 Å². The number of amides is 1. The van der Waals surface area contributed by atoms with Crippen LogP contribution in [0.25, 0.3) is 0 Å². The number of aryl methyl sites for hydroxylation is 1. The third-order valence-corrected chi connectivity index (χ3v) is 5.13. The maximum Gasteiger partial charge on any atom is 0.251 e. The molecule has 2 N–H and O–H groups in total. The predicted octanol–water partition coefficient (Wildman–Crippen LogP) is 2.39. The number of sulfonamides is 1. The van der Waals surface area contributed by atoms with Gasteiger partial charge in [-0.3, -0.25) is 4.79 Å². The van der Waals surface area contributed by atoms with Crippen molar-refractivity contribution in [1.29, 1.82) is 0 Å². The highest BCUT2D eigenvalue weighted by Gasteiger charge is 2.15. The molecule has 0 heterocycles. The molecule has 6 heteroatoms. The van der Waals surface area contributed by atoms with Crippen LogP contribution in [-0.2, 0) is 10.0 Å². The van der Waals surface area contributed by atoms with Crippen molar-refractivity contribution >= 4 is 15.9 Å². The second-order valence-electron chi connectivity index (χ2n) is 5.28. The van der Waals surface area contributed by atoms with Crippen LogP contribution in [0.5, 0.6) is 0 Å². The van der Waals surface area contributed by atoms with E-state index in [1.807, 2.05) is 38.1 Å². The predicted molar refractivity (Wildman–Crippen MR) is 89.7 cm³/mol. The van der Waals surface area contributed by atoms with E-state index in [-0.39, 0.29) is 16.8 Å². The topological polar surface area (TPSA) is 75.3 Å². The third-order valence-electron chi connectivity index (χ3n) is 3.70. The number of carbonyl (C=O) groups excluding carboxylic acids is 1. The van der Waals surface area contributed by atoms with Crippen LogP contribution in [0, 0.1) is 6.92 Å². The van der Waals surface area contributed by atoms with E-state index in [4.69, 9.17) is 0 Å². The molecule has 23 heavy (non-hydrogen) atoms. The molecule has 2 aromatic rings. The van der Waals surface area contributed by atoms with E-state index in [0.717, 1.165) is 11.1 Å². The van der Waals surface area contributed by atoms with Gasteiger partial charge in [0.15, 0.2) is 0 Å². The zero-order valence-electron chi connectivity index (χ0n) is 13.3. The Kier molecular flexibility index (Phi) is 5.18. The smallest absolute Gasteiger partial charge is 0.251 e. The molecule has 0 aliphatic rings. The lowest BCUT2D eigenvalue weighted by molar-refractivity contribution is 0.0939. The Balaban J connectivity index is 2.14. The number of rotatable bonds is 5. The van der Waals surface area contributed by atoms with Gasteiger partial charge in [-0.15, -0.1) is 0 Å². The van der Waals surface area contributed by atoms with E-state index in [2.05, 4.69) is 10.0 Å². The molecule has 2 rings (SSSR count). The minimum Gasteiger partial charge on any atom is -0.346 e. The van der Waals surface area contributed by atoms with Crippen molar-refractivity contribution in [2.75, 3.05) is 7.05 Å². The molecule has 1 amide bonds. The summed E-state index contributed by atoms with van der Waals surface area (Å²) in [6.07, 6.45) is 0. The quantitative estimate of drug-likeness (QED) is 0.883. The second-order valence-corrected chi connectivity index (χ2v) is 7.17. The van der Waals surface area contributed by atoms with Gasteiger partial charge in [0.1, 0.15) is 0 Å². The average Bonchev–Trinajstić information content (AvgIpc) is 2.55. The summed E-state index contributed by atoms with van der Waals surface area (Å²) in [7, 11) is -2.15. The SMILES string of the molecule is CNS(=O)(=O)c1ccc(C(=O)NC(C)c2ccccc2C)cc1. The first-order valence-electron chi connectivity index (χ1n) is 7.25. The Morgan fingerprint density at radius 2 is 1.65 bits per heavy atom. The van der Waals surface area contributed by atoms with Crippen LogP contribution in [0.4, 0.5) is 0 Å². The lowest BCUT2D eigenvalue weighted by Gasteiger charge is -2.16. The summed E-state index contributed by atoms with van der Waals surface area (Å²) in [6.45, 7) is 3.91.